The van der Waals surface area contributed by atoms with Gasteiger partial charge in [0.15, 0.2) is 0 Å². The molecule has 1 aliphatic rings. The van der Waals surface area contributed by atoms with Crippen molar-refractivity contribution in [2.24, 2.45) is 0 Å². The first kappa shape index (κ1) is 26.0. The van der Waals surface area contributed by atoms with Gasteiger partial charge in [-0.1, -0.05) is 143 Å². The van der Waals surface area contributed by atoms with Gasteiger partial charge in [0.25, 0.3) is 0 Å². The Labute approximate surface area is 219 Å². The van der Waals surface area contributed by atoms with Crippen molar-refractivity contribution >= 4 is 13.3 Å². The smallest absolute Gasteiger partial charge is 0.123 e. The van der Waals surface area contributed by atoms with Gasteiger partial charge in [0, 0.05) is 5.56 Å². The molecule has 1 nitrogen and oxygen atoms in total. The second-order valence-corrected chi connectivity index (χ2v) is 16.7. The summed E-state index contributed by atoms with van der Waals surface area (Å²) in [5.41, 5.74) is 5.81. The zero-order chi connectivity index (χ0) is 26.0. The van der Waals surface area contributed by atoms with E-state index in [2.05, 4.69) is 138 Å². The van der Waals surface area contributed by atoms with Crippen LogP contribution in [-0.4, -0.2) is 14.7 Å². The molecule has 0 bridgehead atoms. The molecular weight excluding hydrogens is 452 g/mol. The summed E-state index contributed by atoms with van der Waals surface area (Å²) in [7, 11) is -1.96. The van der Waals surface area contributed by atoms with Crippen LogP contribution in [0.25, 0.3) is 0 Å². The van der Waals surface area contributed by atoms with E-state index in [0.29, 0.717) is 6.61 Å². The molecule has 0 unspecified atom stereocenters. The highest BCUT2D eigenvalue weighted by Crippen LogP contribution is 2.51. The highest BCUT2D eigenvalue weighted by atomic mass is 28.3. The van der Waals surface area contributed by atoms with E-state index in [1.165, 1.54) is 33.0 Å². The molecule has 1 aliphatic carbocycles. The average molecular weight is 493 g/mol. The van der Waals surface area contributed by atoms with Crippen LogP contribution in [0.5, 0.6) is 5.75 Å². The lowest BCUT2D eigenvalue weighted by Gasteiger charge is -2.42. The van der Waals surface area contributed by atoms with E-state index in [1.807, 2.05) is 6.08 Å². The number of aryl methyl sites for hydroxylation is 1. The lowest BCUT2D eigenvalue weighted by atomic mass is 9.64. The maximum absolute atomic E-state index is 6.73. The van der Waals surface area contributed by atoms with E-state index in [9.17, 15) is 0 Å². The Kier molecular flexibility index (Phi) is 7.29. The van der Waals surface area contributed by atoms with Crippen LogP contribution in [0.15, 0.2) is 109 Å². The Morgan fingerprint density at radius 1 is 0.917 bits per heavy atom. The third kappa shape index (κ3) is 4.44. The highest BCUT2D eigenvalue weighted by Gasteiger charge is 2.46. The molecule has 0 spiro atoms. The standard InChI is InChI=1S/C34H40OSi/c1-8-23-35-32-30(24-26(2)25-31(32)36(6,7)33(3,4)5)34(29-21-15-16-22-29,27-17-11-9-12-18-27)28-19-13-10-14-20-28/h8-15,17-22,24-25H,1,16,23H2,2-7H3. The Bertz CT molecular complexity index is 1230. The van der Waals surface area contributed by atoms with Gasteiger partial charge in [0.1, 0.15) is 12.4 Å². The lowest BCUT2D eigenvalue weighted by Crippen LogP contribution is -2.51. The predicted molar refractivity (Wildman–Crippen MR) is 158 cm³/mol. The first-order valence-electron chi connectivity index (χ1n) is 13.0. The summed E-state index contributed by atoms with van der Waals surface area (Å²) in [6.07, 6.45) is 9.77. The predicted octanol–water partition coefficient (Wildman–Crippen LogP) is 8.50. The zero-order valence-electron chi connectivity index (χ0n) is 22.8. The van der Waals surface area contributed by atoms with E-state index < -0.39 is 13.5 Å². The number of benzene rings is 3. The van der Waals surface area contributed by atoms with Gasteiger partial charge < -0.3 is 4.74 Å². The van der Waals surface area contributed by atoms with Crippen LogP contribution >= 0.6 is 0 Å². The minimum atomic E-state index is -1.96. The minimum Gasteiger partial charge on any atom is -0.489 e. The van der Waals surface area contributed by atoms with Crippen molar-refractivity contribution in [3.63, 3.8) is 0 Å². The van der Waals surface area contributed by atoms with E-state index in [0.717, 1.165) is 12.2 Å². The molecule has 36 heavy (non-hydrogen) atoms. The van der Waals surface area contributed by atoms with Crippen LogP contribution in [0.1, 0.15) is 49.4 Å². The molecule has 0 fully saturated rings. The average Bonchev–Trinajstić information content (AvgIpc) is 3.39. The minimum absolute atomic E-state index is 0.166. The van der Waals surface area contributed by atoms with Gasteiger partial charge in [-0.05, 0) is 40.3 Å². The highest BCUT2D eigenvalue weighted by molar-refractivity contribution is 6.92. The van der Waals surface area contributed by atoms with Gasteiger partial charge in [-0.2, -0.15) is 0 Å². The first-order valence-corrected chi connectivity index (χ1v) is 16.0. The van der Waals surface area contributed by atoms with E-state index >= 15 is 0 Å². The Morgan fingerprint density at radius 3 is 1.97 bits per heavy atom. The summed E-state index contributed by atoms with van der Waals surface area (Å²) in [5, 5.41) is 1.55. The number of hydrogen-bond donors (Lipinski definition) is 0. The Balaban J connectivity index is 2.21. The third-order valence-electron chi connectivity index (χ3n) is 8.15. The molecule has 0 saturated heterocycles. The maximum atomic E-state index is 6.73. The second kappa shape index (κ2) is 10.1. The molecule has 4 rings (SSSR count). The van der Waals surface area contributed by atoms with Crippen molar-refractivity contribution in [1.82, 2.24) is 0 Å². The van der Waals surface area contributed by atoms with Crippen molar-refractivity contribution in [2.45, 2.75) is 57.7 Å². The van der Waals surface area contributed by atoms with Crippen LogP contribution in [-0.2, 0) is 5.41 Å². The maximum Gasteiger partial charge on any atom is 0.123 e. The Hall–Kier alpha value is -3.10. The molecule has 186 valence electrons. The molecule has 0 amide bonds. The summed E-state index contributed by atoms with van der Waals surface area (Å²) in [6.45, 7) is 18.8. The summed E-state index contributed by atoms with van der Waals surface area (Å²) in [5.74, 6) is 1.03. The topological polar surface area (TPSA) is 9.23 Å². The van der Waals surface area contributed by atoms with Crippen molar-refractivity contribution in [3.05, 3.63) is 132 Å². The molecule has 3 aromatic rings. The van der Waals surface area contributed by atoms with Crippen LogP contribution in [0.2, 0.25) is 18.1 Å². The van der Waals surface area contributed by atoms with Gasteiger partial charge in [-0.3, -0.25) is 0 Å². The van der Waals surface area contributed by atoms with Crippen molar-refractivity contribution in [1.29, 1.82) is 0 Å². The fraction of sp³-hybridized carbons (Fsp3) is 0.294. The van der Waals surface area contributed by atoms with Gasteiger partial charge >= 0.3 is 0 Å². The molecule has 2 heteroatoms. The zero-order valence-corrected chi connectivity index (χ0v) is 23.8. The number of ether oxygens (including phenoxy) is 1. The first-order chi connectivity index (χ1) is 17.1. The molecule has 0 saturated carbocycles. The monoisotopic (exact) mass is 492 g/mol. The largest absolute Gasteiger partial charge is 0.489 e. The van der Waals surface area contributed by atoms with Crippen LogP contribution in [0.3, 0.4) is 0 Å². The molecule has 0 radical (unpaired) electrons. The molecule has 3 aromatic carbocycles. The molecule has 0 heterocycles. The number of rotatable bonds is 8. The van der Waals surface area contributed by atoms with Crippen molar-refractivity contribution < 1.29 is 4.74 Å². The number of allylic oxidation sites excluding steroid dienone is 4. The number of hydrogen-bond acceptors (Lipinski definition) is 1. The van der Waals surface area contributed by atoms with E-state index in [-0.39, 0.29) is 5.04 Å². The fourth-order valence-corrected chi connectivity index (χ4v) is 7.47. The van der Waals surface area contributed by atoms with E-state index in [4.69, 9.17) is 4.74 Å². The van der Waals surface area contributed by atoms with Crippen molar-refractivity contribution in [2.75, 3.05) is 6.61 Å². The van der Waals surface area contributed by atoms with Crippen LogP contribution in [0, 0.1) is 6.92 Å². The van der Waals surface area contributed by atoms with Gasteiger partial charge in [0.05, 0.1) is 13.5 Å². The van der Waals surface area contributed by atoms with Crippen LogP contribution in [0.4, 0.5) is 0 Å². The van der Waals surface area contributed by atoms with Gasteiger partial charge in [0.2, 0.25) is 0 Å². The lowest BCUT2D eigenvalue weighted by molar-refractivity contribution is 0.358. The normalized spacial score (nSPS) is 14.0. The second-order valence-electron chi connectivity index (χ2n) is 11.4. The SMILES string of the molecule is C=CCOc1c(C(C2=CCC=C2)(c2ccccc2)c2ccccc2)cc(C)cc1[Si](C)(C)C(C)(C)C. The van der Waals surface area contributed by atoms with Gasteiger partial charge in [-0.25, -0.2) is 0 Å². The molecule has 0 atom stereocenters. The third-order valence-corrected chi connectivity index (χ3v) is 13.6. The summed E-state index contributed by atoms with van der Waals surface area (Å²) in [6, 6.07) is 26.6. The Morgan fingerprint density at radius 2 is 1.50 bits per heavy atom. The summed E-state index contributed by atoms with van der Waals surface area (Å²) >= 11 is 0. The molecular formula is C34H40OSi. The fourth-order valence-electron chi connectivity index (χ4n) is 5.30. The summed E-state index contributed by atoms with van der Waals surface area (Å²) < 4.78 is 6.73. The molecule has 0 aliphatic heterocycles. The van der Waals surface area contributed by atoms with Crippen LogP contribution < -0.4 is 9.92 Å². The quantitative estimate of drug-likeness (QED) is 0.174. The molecule has 0 N–H and O–H groups in total. The summed E-state index contributed by atoms with van der Waals surface area (Å²) in [4.78, 5) is 0. The molecule has 0 aromatic heterocycles. The van der Waals surface area contributed by atoms with E-state index in [1.54, 1.807) is 0 Å². The van der Waals surface area contributed by atoms with Crippen molar-refractivity contribution in [3.8, 4) is 5.75 Å². The van der Waals surface area contributed by atoms with Gasteiger partial charge in [-0.15, -0.1) is 0 Å².